The Morgan fingerprint density at radius 2 is 2.06 bits per heavy atom. The van der Waals surface area contributed by atoms with E-state index in [-0.39, 0.29) is 17.2 Å². The largest absolute Gasteiger partial charge is 0.399 e. The molecule has 0 bridgehead atoms. The van der Waals surface area contributed by atoms with Gasteiger partial charge >= 0.3 is 0 Å². The zero-order valence-electron chi connectivity index (χ0n) is 9.86. The molecule has 0 radical (unpaired) electrons. The summed E-state index contributed by atoms with van der Waals surface area (Å²) in [6.45, 7) is 1.86. The van der Waals surface area contributed by atoms with Crippen molar-refractivity contribution in [1.29, 1.82) is 0 Å². The van der Waals surface area contributed by atoms with Crippen LogP contribution >= 0.6 is 0 Å². The normalized spacial score (nSPS) is 10.1. The number of carbonyl (C=O) groups excluding carboxylic acids is 1. The third-order valence-corrected chi connectivity index (χ3v) is 2.54. The number of aromatic amines is 1. The summed E-state index contributed by atoms with van der Waals surface area (Å²) in [5, 5.41) is 2.69. The van der Waals surface area contributed by atoms with Crippen LogP contribution in [0.2, 0.25) is 0 Å². The average molecular weight is 243 g/mol. The Balaban J connectivity index is 2.21. The van der Waals surface area contributed by atoms with Gasteiger partial charge in [-0.15, -0.1) is 0 Å². The van der Waals surface area contributed by atoms with Crippen LogP contribution in [-0.4, -0.2) is 10.9 Å². The van der Waals surface area contributed by atoms with Crippen molar-refractivity contribution in [2.75, 3.05) is 11.1 Å². The maximum absolute atomic E-state index is 11.9. The Labute approximate surface area is 104 Å². The van der Waals surface area contributed by atoms with Crippen LogP contribution in [0.15, 0.2) is 41.2 Å². The molecule has 4 N–H and O–H groups in total. The molecule has 2 rings (SSSR count). The lowest BCUT2D eigenvalue weighted by atomic mass is 10.2. The molecule has 0 spiro atoms. The van der Waals surface area contributed by atoms with E-state index in [0.29, 0.717) is 11.4 Å². The Morgan fingerprint density at radius 1 is 1.28 bits per heavy atom. The summed E-state index contributed by atoms with van der Waals surface area (Å²) < 4.78 is 0. The van der Waals surface area contributed by atoms with E-state index in [0.717, 1.165) is 5.56 Å². The van der Waals surface area contributed by atoms with Crippen molar-refractivity contribution >= 4 is 17.3 Å². The van der Waals surface area contributed by atoms with E-state index in [4.69, 9.17) is 5.73 Å². The molecule has 0 atom stereocenters. The molecule has 0 saturated carbocycles. The van der Waals surface area contributed by atoms with Crippen molar-refractivity contribution in [3.8, 4) is 0 Å². The molecule has 92 valence electrons. The fourth-order valence-electron chi connectivity index (χ4n) is 1.53. The van der Waals surface area contributed by atoms with Crippen molar-refractivity contribution in [1.82, 2.24) is 4.98 Å². The monoisotopic (exact) mass is 243 g/mol. The van der Waals surface area contributed by atoms with Crippen LogP contribution in [0, 0.1) is 6.92 Å². The highest BCUT2D eigenvalue weighted by atomic mass is 16.2. The van der Waals surface area contributed by atoms with Crippen LogP contribution in [0.25, 0.3) is 0 Å². The summed E-state index contributed by atoms with van der Waals surface area (Å²) in [6, 6.07) is 9.63. The van der Waals surface area contributed by atoms with Gasteiger partial charge in [-0.3, -0.25) is 9.59 Å². The number of nitrogens with one attached hydrogen (secondary N) is 2. The average Bonchev–Trinajstić information content (AvgIpc) is 2.34. The van der Waals surface area contributed by atoms with Crippen molar-refractivity contribution < 1.29 is 4.79 Å². The van der Waals surface area contributed by atoms with E-state index in [1.54, 1.807) is 24.3 Å². The molecule has 0 unspecified atom stereocenters. The lowest BCUT2D eigenvalue weighted by molar-refractivity contribution is 0.102. The molecular formula is C13H13N3O2. The highest BCUT2D eigenvalue weighted by molar-refractivity contribution is 6.02. The molecule has 2 aromatic rings. The number of anilines is 2. The van der Waals surface area contributed by atoms with Gasteiger partial charge in [0.15, 0.2) is 0 Å². The van der Waals surface area contributed by atoms with Crippen molar-refractivity contribution in [2.45, 2.75) is 6.92 Å². The maximum atomic E-state index is 11.9. The lowest BCUT2D eigenvalue weighted by Gasteiger charge is -2.07. The molecule has 0 aliphatic heterocycles. The summed E-state index contributed by atoms with van der Waals surface area (Å²) in [5.41, 5.74) is 7.79. The molecule has 18 heavy (non-hydrogen) atoms. The summed E-state index contributed by atoms with van der Waals surface area (Å²) >= 11 is 0. The summed E-state index contributed by atoms with van der Waals surface area (Å²) in [4.78, 5) is 25.4. The minimum absolute atomic E-state index is 0.219. The molecule has 1 aromatic heterocycles. The number of aryl methyl sites for hydroxylation is 1. The number of carbonyl (C=O) groups is 1. The third kappa shape index (κ3) is 2.57. The number of amides is 1. The Hall–Kier alpha value is -2.56. The van der Waals surface area contributed by atoms with Gasteiger partial charge in [0.1, 0.15) is 5.69 Å². The molecule has 5 heteroatoms. The van der Waals surface area contributed by atoms with Crippen LogP contribution in [0.3, 0.4) is 0 Å². The van der Waals surface area contributed by atoms with Gasteiger partial charge in [-0.05, 0) is 36.8 Å². The van der Waals surface area contributed by atoms with Gasteiger partial charge in [0.25, 0.3) is 5.91 Å². The van der Waals surface area contributed by atoms with E-state index < -0.39 is 0 Å². The van der Waals surface area contributed by atoms with Crippen molar-refractivity contribution in [3.63, 3.8) is 0 Å². The standard InChI is InChI=1S/C13H13N3O2/c1-8-7-9(5-6-10(8)14)15-13(18)11-3-2-4-12(17)16-11/h2-7H,14H2,1H3,(H,15,18)(H,16,17). The maximum Gasteiger partial charge on any atom is 0.272 e. The summed E-state index contributed by atoms with van der Waals surface area (Å²) in [5.74, 6) is -0.364. The second-order valence-corrected chi connectivity index (χ2v) is 3.95. The summed E-state index contributed by atoms with van der Waals surface area (Å²) in [6.07, 6.45) is 0. The number of benzene rings is 1. The number of hydrogen-bond acceptors (Lipinski definition) is 3. The first-order chi connectivity index (χ1) is 8.56. The number of H-pyrrole nitrogens is 1. The number of rotatable bonds is 2. The number of nitrogens with two attached hydrogens (primary N) is 1. The number of pyridine rings is 1. The van der Waals surface area contributed by atoms with Gasteiger partial charge < -0.3 is 16.0 Å². The predicted molar refractivity (Wildman–Crippen MR) is 70.6 cm³/mol. The predicted octanol–water partition coefficient (Wildman–Crippen LogP) is 1.52. The van der Waals surface area contributed by atoms with E-state index in [2.05, 4.69) is 10.3 Å². The van der Waals surface area contributed by atoms with E-state index in [1.165, 1.54) is 12.1 Å². The third-order valence-electron chi connectivity index (χ3n) is 2.54. The molecule has 5 nitrogen and oxygen atoms in total. The smallest absolute Gasteiger partial charge is 0.272 e. The highest BCUT2D eigenvalue weighted by Crippen LogP contribution is 2.16. The molecule has 1 heterocycles. The number of nitrogen functional groups attached to an aromatic ring is 1. The van der Waals surface area contributed by atoms with Crippen LogP contribution in [-0.2, 0) is 0 Å². The van der Waals surface area contributed by atoms with Crippen LogP contribution in [0.4, 0.5) is 11.4 Å². The van der Waals surface area contributed by atoms with E-state index >= 15 is 0 Å². The summed E-state index contributed by atoms with van der Waals surface area (Å²) in [7, 11) is 0. The van der Waals surface area contributed by atoms with Gasteiger partial charge in [0, 0.05) is 17.4 Å². The molecule has 1 aromatic carbocycles. The van der Waals surface area contributed by atoms with Gasteiger partial charge in [-0.1, -0.05) is 6.07 Å². The highest BCUT2D eigenvalue weighted by Gasteiger charge is 2.07. The quantitative estimate of drug-likeness (QED) is 0.699. The zero-order valence-corrected chi connectivity index (χ0v) is 9.86. The molecule has 0 aliphatic carbocycles. The first kappa shape index (κ1) is 11.9. The first-order valence-electron chi connectivity index (χ1n) is 5.43. The Morgan fingerprint density at radius 3 is 2.72 bits per heavy atom. The van der Waals surface area contributed by atoms with Gasteiger partial charge in [0.2, 0.25) is 5.56 Å². The molecule has 0 aliphatic rings. The zero-order chi connectivity index (χ0) is 13.1. The lowest BCUT2D eigenvalue weighted by Crippen LogP contribution is -2.17. The Bertz CT molecular complexity index is 647. The molecule has 1 amide bonds. The Kier molecular flexibility index (Phi) is 3.14. The van der Waals surface area contributed by atoms with E-state index in [9.17, 15) is 9.59 Å². The molecule has 0 saturated heterocycles. The van der Waals surface area contributed by atoms with Gasteiger partial charge in [0.05, 0.1) is 0 Å². The van der Waals surface area contributed by atoms with Crippen molar-refractivity contribution in [3.05, 3.63) is 58.0 Å². The number of hydrogen-bond donors (Lipinski definition) is 3. The van der Waals surface area contributed by atoms with Gasteiger partial charge in [-0.2, -0.15) is 0 Å². The fourth-order valence-corrected chi connectivity index (χ4v) is 1.53. The second kappa shape index (κ2) is 4.75. The first-order valence-corrected chi connectivity index (χ1v) is 5.43. The fraction of sp³-hybridized carbons (Fsp3) is 0.0769. The minimum atomic E-state index is -0.364. The van der Waals surface area contributed by atoms with Crippen LogP contribution in [0.1, 0.15) is 16.1 Å². The topological polar surface area (TPSA) is 88.0 Å². The molecule has 0 fully saturated rings. The number of aromatic nitrogens is 1. The second-order valence-electron chi connectivity index (χ2n) is 3.95. The van der Waals surface area contributed by atoms with Crippen molar-refractivity contribution in [2.24, 2.45) is 0 Å². The van der Waals surface area contributed by atoms with Gasteiger partial charge in [-0.25, -0.2) is 0 Å². The molecular weight excluding hydrogens is 230 g/mol. The van der Waals surface area contributed by atoms with E-state index in [1.807, 2.05) is 6.92 Å². The van der Waals surface area contributed by atoms with Crippen LogP contribution in [0.5, 0.6) is 0 Å². The SMILES string of the molecule is Cc1cc(NC(=O)c2cccc(=O)[nH]2)ccc1N. The minimum Gasteiger partial charge on any atom is -0.399 e. The van der Waals surface area contributed by atoms with Crippen LogP contribution < -0.4 is 16.6 Å².